The Balaban J connectivity index is 2.09. The molecule has 0 amide bonds. The molecule has 0 aromatic rings. The van der Waals surface area contributed by atoms with Gasteiger partial charge in [-0.15, -0.1) is 12.3 Å². The Morgan fingerprint density at radius 3 is 2.70 bits per heavy atom. The first-order chi connectivity index (χ1) is 4.84. The zero-order valence-electron chi connectivity index (χ0n) is 6.34. The Morgan fingerprint density at radius 2 is 2.30 bits per heavy atom. The van der Waals surface area contributed by atoms with Crippen LogP contribution in [0.3, 0.4) is 0 Å². The van der Waals surface area contributed by atoms with E-state index >= 15 is 0 Å². The number of nitrogens with two attached hydrogens (primary N) is 1. The fourth-order valence-electron chi connectivity index (χ4n) is 1.35. The molecule has 0 spiro atoms. The van der Waals surface area contributed by atoms with Crippen molar-refractivity contribution < 1.29 is 0 Å². The molecule has 0 radical (unpaired) electrons. The second-order valence-corrected chi connectivity index (χ2v) is 3.10. The van der Waals surface area contributed by atoms with Gasteiger partial charge in [0.15, 0.2) is 0 Å². The van der Waals surface area contributed by atoms with E-state index in [1.165, 1.54) is 19.3 Å². The van der Waals surface area contributed by atoms with E-state index in [1.54, 1.807) is 0 Å². The predicted molar refractivity (Wildman–Crippen MR) is 43.4 cm³/mol. The molecule has 0 aromatic carbocycles. The molecule has 1 rings (SSSR count). The van der Waals surface area contributed by atoms with Crippen LogP contribution in [0.1, 0.15) is 32.1 Å². The maximum absolute atomic E-state index is 5.87. The SMILES string of the molecule is C#CCCC(N)C1CCC1. The molecule has 0 aromatic heterocycles. The fraction of sp³-hybridized carbons (Fsp3) is 0.778. The molecule has 1 aliphatic rings. The average Bonchev–Trinajstić information content (AvgIpc) is 1.79. The normalized spacial score (nSPS) is 21.2. The molecular weight excluding hydrogens is 122 g/mol. The lowest BCUT2D eigenvalue weighted by Crippen LogP contribution is -2.34. The van der Waals surface area contributed by atoms with Gasteiger partial charge in [0.25, 0.3) is 0 Å². The van der Waals surface area contributed by atoms with Crippen molar-refractivity contribution in [3.8, 4) is 12.3 Å². The van der Waals surface area contributed by atoms with Crippen LogP contribution in [0.15, 0.2) is 0 Å². The van der Waals surface area contributed by atoms with Gasteiger partial charge in [-0.3, -0.25) is 0 Å². The summed E-state index contributed by atoms with van der Waals surface area (Å²) in [6.45, 7) is 0. The number of hydrogen-bond acceptors (Lipinski definition) is 1. The third kappa shape index (κ3) is 1.75. The van der Waals surface area contributed by atoms with Crippen molar-refractivity contribution in [3.63, 3.8) is 0 Å². The number of hydrogen-bond donors (Lipinski definition) is 1. The minimum atomic E-state index is 0.379. The zero-order chi connectivity index (χ0) is 7.40. The van der Waals surface area contributed by atoms with Gasteiger partial charge in [0, 0.05) is 12.5 Å². The molecule has 1 aliphatic carbocycles. The second-order valence-electron chi connectivity index (χ2n) is 3.10. The van der Waals surface area contributed by atoms with Gasteiger partial charge >= 0.3 is 0 Å². The highest BCUT2D eigenvalue weighted by molar-refractivity contribution is 4.88. The van der Waals surface area contributed by atoms with E-state index < -0.39 is 0 Å². The van der Waals surface area contributed by atoms with Gasteiger partial charge in [-0.05, 0) is 25.2 Å². The summed E-state index contributed by atoms with van der Waals surface area (Å²) in [7, 11) is 0. The van der Waals surface area contributed by atoms with Crippen molar-refractivity contribution in [1.29, 1.82) is 0 Å². The van der Waals surface area contributed by atoms with Crippen LogP contribution in [0, 0.1) is 18.3 Å². The van der Waals surface area contributed by atoms with Gasteiger partial charge in [0.05, 0.1) is 0 Å². The molecular formula is C9H15N. The van der Waals surface area contributed by atoms with Crippen LogP contribution in [0.4, 0.5) is 0 Å². The maximum atomic E-state index is 5.87. The van der Waals surface area contributed by atoms with Crippen LogP contribution in [0.2, 0.25) is 0 Å². The summed E-state index contributed by atoms with van der Waals surface area (Å²) in [5.74, 6) is 3.41. The summed E-state index contributed by atoms with van der Waals surface area (Å²) in [6.07, 6.45) is 11.0. The highest BCUT2D eigenvalue weighted by atomic mass is 14.7. The van der Waals surface area contributed by atoms with E-state index in [1.807, 2.05) is 0 Å². The largest absolute Gasteiger partial charge is 0.327 e. The first-order valence-corrected chi connectivity index (χ1v) is 4.03. The molecule has 1 nitrogen and oxygen atoms in total. The molecule has 1 saturated carbocycles. The summed E-state index contributed by atoms with van der Waals surface area (Å²) in [5, 5.41) is 0. The van der Waals surface area contributed by atoms with E-state index in [0.717, 1.165) is 18.8 Å². The van der Waals surface area contributed by atoms with Crippen molar-refractivity contribution in [2.45, 2.75) is 38.1 Å². The summed E-state index contributed by atoms with van der Waals surface area (Å²) >= 11 is 0. The van der Waals surface area contributed by atoms with E-state index in [2.05, 4.69) is 5.92 Å². The van der Waals surface area contributed by atoms with E-state index in [9.17, 15) is 0 Å². The lowest BCUT2D eigenvalue weighted by Gasteiger charge is -2.30. The van der Waals surface area contributed by atoms with Crippen molar-refractivity contribution in [2.24, 2.45) is 11.7 Å². The lowest BCUT2D eigenvalue weighted by molar-refractivity contribution is 0.254. The monoisotopic (exact) mass is 137 g/mol. The summed E-state index contributed by atoms with van der Waals surface area (Å²) in [6, 6.07) is 0.379. The van der Waals surface area contributed by atoms with Gasteiger partial charge < -0.3 is 5.73 Å². The minimum absolute atomic E-state index is 0.379. The topological polar surface area (TPSA) is 26.0 Å². The van der Waals surface area contributed by atoms with Gasteiger partial charge in [0.2, 0.25) is 0 Å². The molecule has 1 atom stereocenters. The van der Waals surface area contributed by atoms with Gasteiger partial charge in [-0.25, -0.2) is 0 Å². The molecule has 1 unspecified atom stereocenters. The number of terminal acetylenes is 1. The third-order valence-electron chi connectivity index (χ3n) is 2.38. The first-order valence-electron chi connectivity index (χ1n) is 4.03. The molecule has 0 saturated heterocycles. The summed E-state index contributed by atoms with van der Waals surface area (Å²) in [5.41, 5.74) is 5.87. The van der Waals surface area contributed by atoms with Crippen LogP contribution in [0.25, 0.3) is 0 Å². The maximum Gasteiger partial charge on any atom is 0.0101 e. The molecule has 1 fully saturated rings. The van der Waals surface area contributed by atoms with Crippen LogP contribution in [-0.4, -0.2) is 6.04 Å². The molecule has 56 valence electrons. The van der Waals surface area contributed by atoms with Crippen LogP contribution in [0.5, 0.6) is 0 Å². The Kier molecular flexibility index (Phi) is 2.77. The molecule has 1 heteroatoms. The van der Waals surface area contributed by atoms with Crippen molar-refractivity contribution >= 4 is 0 Å². The quantitative estimate of drug-likeness (QED) is 0.586. The number of rotatable bonds is 3. The first kappa shape index (κ1) is 7.63. The van der Waals surface area contributed by atoms with Gasteiger partial charge in [-0.1, -0.05) is 6.42 Å². The summed E-state index contributed by atoms with van der Waals surface area (Å²) in [4.78, 5) is 0. The Morgan fingerprint density at radius 1 is 1.60 bits per heavy atom. The zero-order valence-corrected chi connectivity index (χ0v) is 6.34. The van der Waals surface area contributed by atoms with E-state index in [4.69, 9.17) is 12.2 Å². The molecule has 0 aliphatic heterocycles. The standard InChI is InChI=1S/C9H15N/c1-2-3-7-9(10)8-5-4-6-8/h1,8-9H,3-7,10H2. The smallest absolute Gasteiger partial charge is 0.0101 e. The van der Waals surface area contributed by atoms with Gasteiger partial charge in [0.1, 0.15) is 0 Å². The van der Waals surface area contributed by atoms with Crippen molar-refractivity contribution in [2.75, 3.05) is 0 Å². The second kappa shape index (κ2) is 3.63. The Labute approximate surface area is 63.0 Å². The van der Waals surface area contributed by atoms with Crippen LogP contribution >= 0.6 is 0 Å². The Hall–Kier alpha value is -0.480. The Bertz CT molecular complexity index is 130. The van der Waals surface area contributed by atoms with Crippen molar-refractivity contribution in [3.05, 3.63) is 0 Å². The third-order valence-corrected chi connectivity index (χ3v) is 2.38. The minimum Gasteiger partial charge on any atom is -0.327 e. The van der Waals surface area contributed by atoms with Crippen molar-refractivity contribution in [1.82, 2.24) is 0 Å². The average molecular weight is 137 g/mol. The highest BCUT2D eigenvalue weighted by Gasteiger charge is 2.23. The van der Waals surface area contributed by atoms with Crippen LogP contribution < -0.4 is 5.73 Å². The summed E-state index contributed by atoms with van der Waals surface area (Å²) < 4.78 is 0. The molecule has 10 heavy (non-hydrogen) atoms. The highest BCUT2D eigenvalue weighted by Crippen LogP contribution is 2.29. The molecule has 0 bridgehead atoms. The fourth-order valence-corrected chi connectivity index (χ4v) is 1.35. The predicted octanol–water partition coefficient (Wildman–Crippen LogP) is 1.53. The van der Waals surface area contributed by atoms with E-state index in [-0.39, 0.29) is 0 Å². The molecule has 0 heterocycles. The van der Waals surface area contributed by atoms with E-state index in [0.29, 0.717) is 6.04 Å². The van der Waals surface area contributed by atoms with Gasteiger partial charge in [-0.2, -0.15) is 0 Å². The molecule has 2 N–H and O–H groups in total. The van der Waals surface area contributed by atoms with Crippen LogP contribution in [-0.2, 0) is 0 Å². The lowest BCUT2D eigenvalue weighted by atomic mass is 9.79.